The number of carbonyl (C=O) groups is 1. The van der Waals surface area contributed by atoms with E-state index in [1.54, 1.807) is 12.3 Å². The maximum absolute atomic E-state index is 11.9. The van der Waals surface area contributed by atoms with Crippen LogP contribution in [0.15, 0.2) is 18.5 Å². The average Bonchev–Trinajstić information content (AvgIpc) is 3.00. The number of anilines is 2. The van der Waals surface area contributed by atoms with Crippen LogP contribution in [-0.4, -0.2) is 36.2 Å². The Morgan fingerprint density at radius 3 is 2.62 bits per heavy atom. The van der Waals surface area contributed by atoms with Crippen molar-refractivity contribution < 1.29 is 13.2 Å². The highest BCUT2D eigenvalue weighted by Gasteiger charge is 2.41. The Balaban J connectivity index is 2.08. The quantitative estimate of drug-likeness (QED) is 0.734. The van der Waals surface area contributed by atoms with Crippen molar-refractivity contribution in [2.24, 2.45) is 17.1 Å². The SMILES string of the molecule is CC1CCC(Nc2c(C(N)=O)cnn3cc(NS(C)(=O)=O)cc23)C1(C)C. The minimum absolute atomic E-state index is 0.0512. The third-order valence-electron chi connectivity index (χ3n) is 5.58. The van der Waals surface area contributed by atoms with E-state index in [9.17, 15) is 13.2 Å². The number of carbonyl (C=O) groups excluding carboxylic acids is 1. The molecule has 2 unspecified atom stereocenters. The lowest BCUT2D eigenvalue weighted by atomic mass is 9.80. The minimum atomic E-state index is -3.42. The minimum Gasteiger partial charge on any atom is -0.379 e. The maximum atomic E-state index is 11.9. The zero-order chi connectivity index (χ0) is 19.3. The normalized spacial score (nSPS) is 22.5. The lowest BCUT2D eigenvalue weighted by Gasteiger charge is -2.33. The van der Waals surface area contributed by atoms with Gasteiger partial charge in [-0.05, 0) is 30.2 Å². The van der Waals surface area contributed by atoms with Gasteiger partial charge in [0.05, 0.1) is 41.1 Å². The Labute approximate surface area is 153 Å². The summed E-state index contributed by atoms with van der Waals surface area (Å²) in [5.41, 5.74) is 7.45. The van der Waals surface area contributed by atoms with E-state index in [1.807, 2.05) is 0 Å². The molecule has 2 aromatic heterocycles. The number of hydrogen-bond donors (Lipinski definition) is 3. The molecule has 0 radical (unpaired) electrons. The van der Waals surface area contributed by atoms with Gasteiger partial charge in [-0.1, -0.05) is 20.8 Å². The summed E-state index contributed by atoms with van der Waals surface area (Å²) in [6.45, 7) is 6.64. The predicted molar refractivity (Wildman–Crippen MR) is 102 cm³/mol. The maximum Gasteiger partial charge on any atom is 0.252 e. The largest absolute Gasteiger partial charge is 0.379 e. The number of nitrogens with zero attached hydrogens (tertiary/aromatic N) is 2. The summed E-state index contributed by atoms with van der Waals surface area (Å²) in [5, 5.41) is 7.67. The van der Waals surface area contributed by atoms with Gasteiger partial charge in [0.2, 0.25) is 10.0 Å². The number of primary amides is 1. The van der Waals surface area contributed by atoms with Gasteiger partial charge >= 0.3 is 0 Å². The number of fused-ring (bicyclic) bond motifs is 1. The van der Waals surface area contributed by atoms with Crippen LogP contribution < -0.4 is 15.8 Å². The van der Waals surface area contributed by atoms with Gasteiger partial charge in [0.15, 0.2) is 0 Å². The van der Waals surface area contributed by atoms with E-state index in [0.717, 1.165) is 19.1 Å². The van der Waals surface area contributed by atoms with Crippen molar-refractivity contribution in [2.45, 2.75) is 39.7 Å². The third kappa shape index (κ3) is 3.35. The molecule has 9 heteroatoms. The molecule has 2 heterocycles. The lowest BCUT2D eigenvalue weighted by molar-refractivity contribution is 0.100. The monoisotopic (exact) mass is 379 g/mol. The van der Waals surface area contributed by atoms with Gasteiger partial charge in [-0.3, -0.25) is 9.52 Å². The highest BCUT2D eigenvalue weighted by molar-refractivity contribution is 7.92. The molecule has 3 rings (SSSR count). The Morgan fingerprint density at radius 1 is 1.38 bits per heavy atom. The van der Waals surface area contributed by atoms with Gasteiger partial charge in [0.1, 0.15) is 0 Å². The van der Waals surface area contributed by atoms with Crippen LogP contribution in [0.1, 0.15) is 44.0 Å². The highest BCUT2D eigenvalue weighted by atomic mass is 32.2. The molecule has 4 N–H and O–H groups in total. The summed E-state index contributed by atoms with van der Waals surface area (Å²) in [5.74, 6) is -0.0330. The second kappa shape index (κ2) is 6.15. The van der Waals surface area contributed by atoms with Crippen LogP contribution in [0, 0.1) is 11.3 Å². The number of nitrogens with two attached hydrogens (primary N) is 1. The summed E-state index contributed by atoms with van der Waals surface area (Å²) in [6.07, 6.45) is 6.14. The molecule has 0 bridgehead atoms. The molecule has 0 aliphatic heterocycles. The first kappa shape index (κ1) is 18.5. The molecule has 1 aliphatic carbocycles. The molecule has 0 spiro atoms. The van der Waals surface area contributed by atoms with Crippen LogP contribution >= 0.6 is 0 Å². The van der Waals surface area contributed by atoms with Crippen LogP contribution in [0.4, 0.5) is 11.4 Å². The fraction of sp³-hybridized carbons (Fsp3) is 0.529. The predicted octanol–water partition coefficient (Wildman–Crippen LogP) is 2.04. The fourth-order valence-corrected chi connectivity index (χ4v) is 4.14. The molecule has 1 amide bonds. The first-order valence-corrected chi connectivity index (χ1v) is 10.4. The standard InChI is InChI=1S/C17H25N5O3S/c1-10-5-6-14(17(10,2)3)20-15-12(16(18)23)8-19-22-9-11(7-13(15)22)21-26(4,24)25/h7-10,14,20-21H,5-6H2,1-4H3,(H2,18,23). The van der Waals surface area contributed by atoms with Gasteiger partial charge in [-0.15, -0.1) is 0 Å². The summed E-state index contributed by atoms with van der Waals surface area (Å²) in [6, 6.07) is 1.82. The Hall–Kier alpha value is -2.29. The van der Waals surface area contributed by atoms with E-state index in [2.05, 4.69) is 35.9 Å². The molecular weight excluding hydrogens is 354 g/mol. The van der Waals surface area contributed by atoms with E-state index in [1.165, 1.54) is 10.7 Å². The zero-order valence-corrected chi connectivity index (χ0v) is 16.2. The fourth-order valence-electron chi connectivity index (χ4n) is 3.60. The van der Waals surface area contributed by atoms with Gasteiger partial charge in [0, 0.05) is 6.04 Å². The summed E-state index contributed by atoms with van der Waals surface area (Å²) >= 11 is 0. The lowest BCUT2D eigenvalue weighted by Crippen LogP contribution is -2.35. The molecule has 0 saturated heterocycles. The van der Waals surface area contributed by atoms with Crippen molar-refractivity contribution in [2.75, 3.05) is 16.3 Å². The topological polar surface area (TPSA) is 119 Å². The van der Waals surface area contributed by atoms with E-state index >= 15 is 0 Å². The van der Waals surface area contributed by atoms with Crippen molar-refractivity contribution in [3.63, 3.8) is 0 Å². The highest BCUT2D eigenvalue weighted by Crippen LogP contribution is 2.44. The van der Waals surface area contributed by atoms with E-state index < -0.39 is 15.9 Å². The Bertz CT molecular complexity index is 964. The van der Waals surface area contributed by atoms with Crippen LogP contribution in [0.25, 0.3) is 5.52 Å². The number of rotatable bonds is 5. The number of nitrogens with one attached hydrogen (secondary N) is 2. The van der Waals surface area contributed by atoms with Gasteiger partial charge in [-0.25, -0.2) is 12.9 Å². The van der Waals surface area contributed by atoms with Gasteiger partial charge in [0.25, 0.3) is 5.91 Å². The van der Waals surface area contributed by atoms with Crippen LogP contribution in [0.2, 0.25) is 0 Å². The van der Waals surface area contributed by atoms with Crippen molar-refractivity contribution in [1.29, 1.82) is 0 Å². The van der Waals surface area contributed by atoms with Crippen molar-refractivity contribution in [1.82, 2.24) is 9.61 Å². The number of amides is 1. The molecule has 1 saturated carbocycles. The molecule has 1 aliphatic rings. The number of hydrogen-bond acceptors (Lipinski definition) is 5. The van der Waals surface area contributed by atoms with E-state index in [0.29, 0.717) is 22.8 Å². The van der Waals surface area contributed by atoms with Crippen LogP contribution in [0.5, 0.6) is 0 Å². The summed E-state index contributed by atoms with van der Waals surface area (Å²) in [4.78, 5) is 11.9. The Kier molecular flexibility index (Phi) is 4.38. The molecular formula is C17H25N5O3S. The number of aromatic nitrogens is 2. The van der Waals surface area contributed by atoms with Crippen molar-refractivity contribution in [3.05, 3.63) is 24.0 Å². The average molecular weight is 379 g/mol. The van der Waals surface area contributed by atoms with Gasteiger partial charge in [-0.2, -0.15) is 5.10 Å². The first-order valence-electron chi connectivity index (χ1n) is 8.54. The summed E-state index contributed by atoms with van der Waals surface area (Å²) in [7, 11) is -3.42. The zero-order valence-electron chi connectivity index (χ0n) is 15.4. The van der Waals surface area contributed by atoms with Gasteiger partial charge < -0.3 is 11.1 Å². The molecule has 0 aromatic carbocycles. The van der Waals surface area contributed by atoms with Crippen LogP contribution in [0.3, 0.4) is 0 Å². The van der Waals surface area contributed by atoms with Crippen molar-refractivity contribution in [3.8, 4) is 0 Å². The number of sulfonamides is 1. The molecule has 142 valence electrons. The molecule has 1 fully saturated rings. The van der Waals surface area contributed by atoms with Crippen molar-refractivity contribution >= 4 is 32.8 Å². The first-order chi connectivity index (χ1) is 12.0. The van der Waals surface area contributed by atoms with Crippen LogP contribution in [-0.2, 0) is 10.0 Å². The molecule has 8 nitrogen and oxygen atoms in total. The second-order valence-electron chi connectivity index (χ2n) is 7.73. The van der Waals surface area contributed by atoms with E-state index in [-0.39, 0.29) is 17.0 Å². The second-order valence-corrected chi connectivity index (χ2v) is 9.48. The smallest absolute Gasteiger partial charge is 0.252 e. The Morgan fingerprint density at radius 2 is 2.08 bits per heavy atom. The molecule has 26 heavy (non-hydrogen) atoms. The third-order valence-corrected chi connectivity index (χ3v) is 6.19. The summed E-state index contributed by atoms with van der Waals surface area (Å²) < 4.78 is 27.0. The molecule has 2 atom stereocenters. The molecule has 2 aromatic rings. The van der Waals surface area contributed by atoms with E-state index in [4.69, 9.17) is 5.73 Å².